The topological polar surface area (TPSA) is 38.3 Å². The molecule has 0 amide bonds. The van der Waals surface area contributed by atoms with E-state index in [0.29, 0.717) is 0 Å². The Hall–Kier alpha value is -0.540. The van der Waals surface area contributed by atoms with Gasteiger partial charge >= 0.3 is 5.97 Å². The number of methoxy groups -OCH3 is 1. The van der Waals surface area contributed by atoms with Gasteiger partial charge in [0.1, 0.15) is 0 Å². The van der Waals surface area contributed by atoms with Gasteiger partial charge in [-0.3, -0.25) is 4.79 Å². The maximum absolute atomic E-state index is 11.4. The fourth-order valence-corrected chi connectivity index (χ4v) is 1.58. The Morgan fingerprint density at radius 2 is 2.21 bits per heavy atom. The number of ether oxygens (including phenoxy) is 1. The zero-order chi connectivity index (χ0) is 9.90. The van der Waals surface area contributed by atoms with Crippen molar-refractivity contribution in [3.8, 4) is 0 Å². The first-order chi connectivity index (χ1) is 6.09. The molecule has 3 nitrogen and oxygen atoms in total. The molecule has 1 rings (SSSR count). The van der Waals surface area contributed by atoms with Gasteiger partial charge in [-0.25, -0.2) is 0 Å². The van der Waals surface area contributed by atoms with Crippen LogP contribution in [-0.2, 0) is 9.53 Å². The van der Waals surface area contributed by atoms with Crippen molar-refractivity contribution in [3.05, 3.63) is 11.6 Å². The van der Waals surface area contributed by atoms with Crippen LogP contribution >= 0.6 is 12.4 Å². The second-order valence-corrected chi connectivity index (χ2v) is 3.80. The summed E-state index contributed by atoms with van der Waals surface area (Å²) in [7, 11) is 1.44. The number of hydrogen-bond donors (Lipinski definition) is 1. The molecule has 0 aromatic carbocycles. The smallest absolute Gasteiger partial charge is 0.315 e. The molecule has 1 N–H and O–H groups in total. The van der Waals surface area contributed by atoms with E-state index in [0.717, 1.165) is 19.5 Å². The molecule has 1 aliphatic rings. The Balaban J connectivity index is 0.00000169. The Labute approximate surface area is 91.3 Å². The van der Waals surface area contributed by atoms with E-state index in [9.17, 15) is 4.79 Å². The molecule has 0 saturated carbocycles. The monoisotopic (exact) mass is 219 g/mol. The van der Waals surface area contributed by atoms with E-state index in [4.69, 9.17) is 4.74 Å². The van der Waals surface area contributed by atoms with Crippen LogP contribution in [0, 0.1) is 5.41 Å². The van der Waals surface area contributed by atoms with E-state index in [1.165, 1.54) is 12.7 Å². The first-order valence-electron chi connectivity index (χ1n) is 4.57. The number of rotatable bonds is 2. The van der Waals surface area contributed by atoms with E-state index in [1.807, 2.05) is 13.8 Å². The van der Waals surface area contributed by atoms with Gasteiger partial charge in [-0.05, 0) is 26.8 Å². The Kier molecular flexibility index (Phi) is 5.16. The van der Waals surface area contributed by atoms with Gasteiger partial charge in [-0.15, -0.1) is 12.4 Å². The van der Waals surface area contributed by atoms with Crippen LogP contribution in [0.4, 0.5) is 0 Å². The number of hydrogen-bond acceptors (Lipinski definition) is 3. The lowest BCUT2D eigenvalue weighted by atomic mass is 9.81. The highest BCUT2D eigenvalue weighted by molar-refractivity contribution is 5.85. The summed E-state index contributed by atoms with van der Waals surface area (Å²) in [5.41, 5.74) is 0.717. The van der Waals surface area contributed by atoms with Crippen LogP contribution in [0.5, 0.6) is 0 Å². The van der Waals surface area contributed by atoms with Crippen LogP contribution in [0.3, 0.4) is 0 Å². The molecule has 1 heterocycles. The molecule has 1 aliphatic heterocycles. The lowest BCUT2D eigenvalue weighted by molar-refractivity contribution is -0.148. The molecule has 14 heavy (non-hydrogen) atoms. The summed E-state index contributed by atoms with van der Waals surface area (Å²) in [5.74, 6) is -0.152. The molecule has 0 aromatic heterocycles. The fraction of sp³-hybridized carbons (Fsp3) is 0.700. The van der Waals surface area contributed by atoms with Crippen molar-refractivity contribution in [1.29, 1.82) is 0 Å². The highest BCUT2D eigenvalue weighted by Gasteiger charge is 2.33. The van der Waals surface area contributed by atoms with Gasteiger partial charge < -0.3 is 10.1 Å². The zero-order valence-corrected chi connectivity index (χ0v) is 9.74. The van der Waals surface area contributed by atoms with Gasteiger partial charge in [0.05, 0.1) is 12.5 Å². The van der Waals surface area contributed by atoms with Gasteiger partial charge in [0.15, 0.2) is 0 Å². The molecular formula is C10H18ClNO2. The van der Waals surface area contributed by atoms with Gasteiger partial charge in [0, 0.05) is 6.54 Å². The molecule has 0 unspecified atom stereocenters. The number of halogens is 1. The molecule has 0 radical (unpaired) electrons. The summed E-state index contributed by atoms with van der Waals surface area (Å²) in [6.07, 6.45) is 3.02. The van der Waals surface area contributed by atoms with E-state index in [-0.39, 0.29) is 18.4 Å². The highest BCUT2D eigenvalue weighted by atomic mass is 35.5. The molecule has 4 heteroatoms. The van der Waals surface area contributed by atoms with E-state index in [1.54, 1.807) is 0 Å². The standard InChI is InChI=1S/C10H17NO2.ClH/c1-10(2,9(12)13-3)8-4-6-11-7-5-8;/h4,11H,5-7H2,1-3H3;1H. The summed E-state index contributed by atoms with van der Waals surface area (Å²) >= 11 is 0. The van der Waals surface area contributed by atoms with Crippen molar-refractivity contribution in [2.45, 2.75) is 20.3 Å². The molecule has 0 aliphatic carbocycles. The van der Waals surface area contributed by atoms with Crippen LogP contribution in [0.1, 0.15) is 20.3 Å². The molecule has 0 aromatic rings. The van der Waals surface area contributed by atoms with Crippen molar-refractivity contribution in [2.24, 2.45) is 5.41 Å². The van der Waals surface area contributed by atoms with Crippen LogP contribution < -0.4 is 5.32 Å². The van der Waals surface area contributed by atoms with Crippen LogP contribution in [0.15, 0.2) is 11.6 Å². The fourth-order valence-electron chi connectivity index (χ4n) is 1.58. The number of carbonyl (C=O) groups excluding carboxylic acids is 1. The second kappa shape index (κ2) is 5.37. The summed E-state index contributed by atoms with van der Waals surface area (Å²) < 4.78 is 4.77. The third kappa shape index (κ3) is 2.72. The third-order valence-electron chi connectivity index (χ3n) is 2.56. The average Bonchev–Trinajstić information content (AvgIpc) is 2.18. The molecule has 0 atom stereocenters. The summed E-state index contributed by atoms with van der Waals surface area (Å²) in [4.78, 5) is 11.4. The Morgan fingerprint density at radius 1 is 1.57 bits per heavy atom. The van der Waals surface area contributed by atoms with Gasteiger partial charge in [0.25, 0.3) is 0 Å². The molecule has 0 bridgehead atoms. The predicted molar refractivity (Wildman–Crippen MR) is 58.6 cm³/mol. The summed E-state index contributed by atoms with van der Waals surface area (Å²) in [6, 6.07) is 0. The van der Waals surface area contributed by atoms with Crippen molar-refractivity contribution in [3.63, 3.8) is 0 Å². The summed E-state index contributed by atoms with van der Waals surface area (Å²) in [5, 5.41) is 3.22. The maximum atomic E-state index is 11.4. The summed E-state index contributed by atoms with van der Waals surface area (Å²) in [6.45, 7) is 5.63. The van der Waals surface area contributed by atoms with Crippen molar-refractivity contribution in [1.82, 2.24) is 5.32 Å². The minimum absolute atomic E-state index is 0. The van der Waals surface area contributed by atoms with E-state index < -0.39 is 5.41 Å². The Bertz CT molecular complexity index is 236. The van der Waals surface area contributed by atoms with Crippen LogP contribution in [0.25, 0.3) is 0 Å². The first kappa shape index (κ1) is 13.5. The minimum Gasteiger partial charge on any atom is -0.468 e. The van der Waals surface area contributed by atoms with Crippen LogP contribution in [-0.4, -0.2) is 26.2 Å². The highest BCUT2D eigenvalue weighted by Crippen LogP contribution is 2.30. The van der Waals surface area contributed by atoms with Gasteiger partial charge in [-0.2, -0.15) is 0 Å². The lowest BCUT2D eigenvalue weighted by Crippen LogP contribution is -2.33. The van der Waals surface area contributed by atoms with Crippen molar-refractivity contribution < 1.29 is 9.53 Å². The average molecular weight is 220 g/mol. The lowest BCUT2D eigenvalue weighted by Gasteiger charge is -2.27. The van der Waals surface area contributed by atoms with Gasteiger partial charge in [-0.1, -0.05) is 11.6 Å². The van der Waals surface area contributed by atoms with Crippen LogP contribution in [0.2, 0.25) is 0 Å². The largest absolute Gasteiger partial charge is 0.468 e. The maximum Gasteiger partial charge on any atom is 0.315 e. The Morgan fingerprint density at radius 3 is 2.64 bits per heavy atom. The minimum atomic E-state index is -0.461. The number of esters is 1. The van der Waals surface area contributed by atoms with E-state index >= 15 is 0 Å². The zero-order valence-electron chi connectivity index (χ0n) is 8.92. The van der Waals surface area contributed by atoms with Gasteiger partial charge in [0.2, 0.25) is 0 Å². The van der Waals surface area contributed by atoms with Crippen molar-refractivity contribution in [2.75, 3.05) is 20.2 Å². The van der Waals surface area contributed by atoms with E-state index in [2.05, 4.69) is 11.4 Å². The molecule has 0 fully saturated rings. The quantitative estimate of drug-likeness (QED) is 0.566. The molecule has 82 valence electrons. The molecular weight excluding hydrogens is 202 g/mol. The number of carbonyl (C=O) groups is 1. The molecule has 0 saturated heterocycles. The third-order valence-corrected chi connectivity index (χ3v) is 2.56. The normalized spacial score (nSPS) is 16.6. The molecule has 0 spiro atoms. The SMILES string of the molecule is COC(=O)C(C)(C)C1=CCNCC1.Cl. The predicted octanol–water partition coefficient (Wildman–Crippen LogP) is 1.53. The van der Waals surface area contributed by atoms with Crippen molar-refractivity contribution >= 4 is 18.4 Å². The number of nitrogens with one attached hydrogen (secondary N) is 1. The first-order valence-corrected chi connectivity index (χ1v) is 4.57. The second-order valence-electron chi connectivity index (χ2n) is 3.80.